The second-order valence-electron chi connectivity index (χ2n) is 5.88. The number of benzene rings is 1. The van der Waals surface area contributed by atoms with Crippen LogP contribution in [-0.2, 0) is 0 Å². The summed E-state index contributed by atoms with van der Waals surface area (Å²) in [5.74, 6) is 1.59. The highest BCUT2D eigenvalue weighted by Gasteiger charge is 2.37. The molecule has 1 aromatic carbocycles. The van der Waals surface area contributed by atoms with Gasteiger partial charge in [-0.25, -0.2) is 0 Å². The highest BCUT2D eigenvalue weighted by molar-refractivity contribution is 6.30. The quantitative estimate of drug-likeness (QED) is 0.887. The summed E-state index contributed by atoms with van der Waals surface area (Å²) in [6.45, 7) is 6.68. The van der Waals surface area contributed by atoms with Gasteiger partial charge in [-0.05, 0) is 44.5 Å². The number of rotatable bonds is 3. The molecule has 0 amide bonds. The largest absolute Gasteiger partial charge is 0.487 e. The molecule has 2 unspecified atom stereocenters. The molecule has 0 saturated carbocycles. The minimum absolute atomic E-state index is 0.0946. The van der Waals surface area contributed by atoms with Crippen molar-refractivity contribution in [1.29, 1.82) is 0 Å². The first-order chi connectivity index (χ1) is 8.43. The van der Waals surface area contributed by atoms with Gasteiger partial charge in [0.25, 0.3) is 0 Å². The highest BCUT2D eigenvalue weighted by Crippen LogP contribution is 2.42. The van der Waals surface area contributed by atoms with E-state index in [0.717, 1.165) is 23.6 Å². The second-order valence-corrected chi connectivity index (χ2v) is 6.31. The molecule has 1 heterocycles. The number of fused-ring (bicyclic) bond motifs is 1. The Morgan fingerprint density at radius 1 is 1.50 bits per heavy atom. The summed E-state index contributed by atoms with van der Waals surface area (Å²) >= 11 is 6.07. The fraction of sp³-hybridized carbons (Fsp3) is 0.600. The summed E-state index contributed by atoms with van der Waals surface area (Å²) in [4.78, 5) is 0. The second kappa shape index (κ2) is 5.10. The van der Waals surface area contributed by atoms with Crippen LogP contribution in [0.1, 0.15) is 45.2 Å². The monoisotopic (exact) mass is 267 g/mol. The Morgan fingerprint density at radius 3 is 2.83 bits per heavy atom. The van der Waals surface area contributed by atoms with Crippen LogP contribution in [0, 0.1) is 5.92 Å². The standard InChI is InChI=1S/C15H22ClNO/c1-10(2)8-15(3)9-13(17-4)12-7-11(16)5-6-14(12)18-15/h5-7,10,13,17H,8-9H2,1-4H3. The van der Waals surface area contributed by atoms with Gasteiger partial charge in [0.05, 0.1) is 0 Å². The van der Waals surface area contributed by atoms with Crippen molar-refractivity contribution in [3.63, 3.8) is 0 Å². The summed E-state index contributed by atoms with van der Waals surface area (Å²) in [6, 6.07) is 6.21. The zero-order valence-corrected chi connectivity index (χ0v) is 12.3. The SMILES string of the molecule is CNC1CC(C)(CC(C)C)Oc2ccc(Cl)cc21. The minimum Gasteiger partial charge on any atom is -0.487 e. The highest BCUT2D eigenvalue weighted by atomic mass is 35.5. The molecule has 0 spiro atoms. The van der Waals surface area contributed by atoms with Crippen LogP contribution in [0.4, 0.5) is 0 Å². The fourth-order valence-corrected chi connectivity index (χ4v) is 3.16. The summed E-state index contributed by atoms with van der Waals surface area (Å²) in [7, 11) is 2.00. The van der Waals surface area contributed by atoms with Crippen molar-refractivity contribution >= 4 is 11.6 Å². The van der Waals surface area contributed by atoms with E-state index in [1.54, 1.807) is 0 Å². The number of halogens is 1. The van der Waals surface area contributed by atoms with E-state index in [4.69, 9.17) is 16.3 Å². The van der Waals surface area contributed by atoms with E-state index in [0.29, 0.717) is 12.0 Å². The van der Waals surface area contributed by atoms with E-state index in [1.807, 2.05) is 25.2 Å². The molecule has 2 nitrogen and oxygen atoms in total. The van der Waals surface area contributed by atoms with Gasteiger partial charge in [0, 0.05) is 23.0 Å². The van der Waals surface area contributed by atoms with E-state index in [-0.39, 0.29) is 5.60 Å². The third-order valence-corrected chi connectivity index (χ3v) is 3.76. The Hall–Kier alpha value is -0.730. The molecule has 1 N–H and O–H groups in total. The lowest BCUT2D eigenvalue weighted by Crippen LogP contribution is -2.42. The van der Waals surface area contributed by atoms with Gasteiger partial charge in [-0.15, -0.1) is 0 Å². The summed E-state index contributed by atoms with van der Waals surface area (Å²) < 4.78 is 6.22. The lowest BCUT2D eigenvalue weighted by molar-refractivity contribution is 0.0297. The topological polar surface area (TPSA) is 21.3 Å². The van der Waals surface area contributed by atoms with Crippen LogP contribution in [0.15, 0.2) is 18.2 Å². The molecule has 0 aromatic heterocycles. The third-order valence-electron chi connectivity index (χ3n) is 3.53. The van der Waals surface area contributed by atoms with Gasteiger partial charge in [-0.1, -0.05) is 25.4 Å². The molecule has 1 aromatic rings. The maximum atomic E-state index is 6.22. The van der Waals surface area contributed by atoms with Crippen LogP contribution in [0.2, 0.25) is 5.02 Å². The van der Waals surface area contributed by atoms with Crippen LogP contribution in [-0.4, -0.2) is 12.6 Å². The first-order valence-corrected chi connectivity index (χ1v) is 6.97. The van der Waals surface area contributed by atoms with Crippen molar-refractivity contribution in [3.8, 4) is 5.75 Å². The van der Waals surface area contributed by atoms with Gasteiger partial charge in [-0.3, -0.25) is 0 Å². The summed E-state index contributed by atoms with van der Waals surface area (Å²) in [5, 5.41) is 4.15. The lowest BCUT2D eigenvalue weighted by atomic mass is 9.83. The molecule has 0 fully saturated rings. The van der Waals surface area contributed by atoms with Gasteiger partial charge in [0.2, 0.25) is 0 Å². The first-order valence-electron chi connectivity index (χ1n) is 6.59. The van der Waals surface area contributed by atoms with Crippen LogP contribution in [0.3, 0.4) is 0 Å². The first kappa shape index (κ1) is 13.7. The van der Waals surface area contributed by atoms with E-state index >= 15 is 0 Å². The van der Waals surface area contributed by atoms with Crippen LogP contribution in [0.25, 0.3) is 0 Å². The molecular weight excluding hydrogens is 246 g/mol. The third kappa shape index (κ3) is 2.81. The van der Waals surface area contributed by atoms with Gasteiger partial charge in [0.1, 0.15) is 11.4 Å². The smallest absolute Gasteiger partial charge is 0.125 e. The molecule has 0 radical (unpaired) electrons. The molecule has 1 aliphatic rings. The van der Waals surface area contributed by atoms with Gasteiger partial charge >= 0.3 is 0 Å². The average Bonchev–Trinajstić information content (AvgIpc) is 2.27. The fourth-order valence-electron chi connectivity index (χ4n) is 2.98. The molecule has 0 bridgehead atoms. The Morgan fingerprint density at radius 2 is 2.22 bits per heavy atom. The van der Waals surface area contributed by atoms with Gasteiger partial charge < -0.3 is 10.1 Å². The number of nitrogens with one attached hydrogen (secondary N) is 1. The zero-order chi connectivity index (χ0) is 13.3. The van der Waals surface area contributed by atoms with Gasteiger partial charge in [0.15, 0.2) is 0 Å². The molecule has 1 aliphatic heterocycles. The van der Waals surface area contributed by atoms with Crippen LogP contribution >= 0.6 is 11.6 Å². The predicted molar refractivity (Wildman–Crippen MR) is 76.4 cm³/mol. The van der Waals surface area contributed by atoms with Crippen molar-refractivity contribution < 1.29 is 4.74 Å². The molecule has 0 saturated heterocycles. The molecule has 100 valence electrons. The van der Waals surface area contributed by atoms with Crippen molar-refractivity contribution in [3.05, 3.63) is 28.8 Å². The molecule has 2 atom stereocenters. The maximum absolute atomic E-state index is 6.22. The van der Waals surface area contributed by atoms with Crippen molar-refractivity contribution in [2.24, 2.45) is 5.92 Å². The predicted octanol–water partition coefficient (Wildman–Crippen LogP) is 4.19. The molecule has 18 heavy (non-hydrogen) atoms. The Kier molecular flexibility index (Phi) is 3.88. The van der Waals surface area contributed by atoms with E-state index < -0.39 is 0 Å². The number of ether oxygens (including phenoxy) is 1. The Labute approximate surface area is 115 Å². The molecule has 0 aliphatic carbocycles. The summed E-state index contributed by atoms with van der Waals surface area (Å²) in [5.41, 5.74) is 1.08. The zero-order valence-electron chi connectivity index (χ0n) is 11.6. The van der Waals surface area contributed by atoms with E-state index in [9.17, 15) is 0 Å². The lowest BCUT2D eigenvalue weighted by Gasteiger charge is -2.41. The number of hydrogen-bond donors (Lipinski definition) is 1. The van der Waals surface area contributed by atoms with E-state index in [2.05, 4.69) is 26.1 Å². The normalized spacial score (nSPS) is 26.9. The molecular formula is C15H22ClNO. The molecule has 3 heteroatoms. The maximum Gasteiger partial charge on any atom is 0.125 e. The van der Waals surface area contributed by atoms with E-state index in [1.165, 1.54) is 5.56 Å². The average molecular weight is 268 g/mol. The van der Waals surface area contributed by atoms with Crippen LogP contribution < -0.4 is 10.1 Å². The number of hydrogen-bond acceptors (Lipinski definition) is 2. The summed E-state index contributed by atoms with van der Waals surface area (Å²) in [6.07, 6.45) is 2.04. The van der Waals surface area contributed by atoms with Crippen molar-refractivity contribution in [2.75, 3.05) is 7.05 Å². The van der Waals surface area contributed by atoms with Gasteiger partial charge in [-0.2, -0.15) is 0 Å². The Balaban J connectivity index is 2.33. The molecule has 2 rings (SSSR count). The minimum atomic E-state index is -0.0946. The Bertz CT molecular complexity index is 433. The van der Waals surface area contributed by atoms with Crippen LogP contribution in [0.5, 0.6) is 5.75 Å². The van der Waals surface area contributed by atoms with Crippen molar-refractivity contribution in [2.45, 2.75) is 45.3 Å². The van der Waals surface area contributed by atoms with Crippen molar-refractivity contribution in [1.82, 2.24) is 5.32 Å².